The van der Waals surface area contributed by atoms with Gasteiger partial charge < -0.3 is 10.0 Å². The van der Waals surface area contributed by atoms with E-state index < -0.39 is 12.4 Å². The zero-order chi connectivity index (χ0) is 12.4. The van der Waals surface area contributed by atoms with Crippen LogP contribution in [-0.4, -0.2) is 24.2 Å². The minimum absolute atomic E-state index is 0.0790. The first-order valence-corrected chi connectivity index (χ1v) is 5.49. The van der Waals surface area contributed by atoms with Gasteiger partial charge in [-0.25, -0.2) is 13.6 Å². The first-order valence-electron chi connectivity index (χ1n) is 5.49. The molecule has 5 heteroatoms. The zero-order valence-corrected chi connectivity index (χ0v) is 9.20. The van der Waals surface area contributed by atoms with E-state index in [0.29, 0.717) is 5.69 Å². The van der Waals surface area contributed by atoms with E-state index in [1.807, 2.05) is 4.90 Å². The smallest absolute Gasteiger partial charge is 0.335 e. The van der Waals surface area contributed by atoms with E-state index in [2.05, 4.69) is 0 Å². The summed E-state index contributed by atoms with van der Waals surface area (Å²) in [6.07, 6.45) is -0.613. The molecule has 0 spiro atoms. The largest absolute Gasteiger partial charge is 0.478 e. The van der Waals surface area contributed by atoms with Gasteiger partial charge in [0.2, 0.25) is 0 Å². The monoisotopic (exact) mass is 241 g/mol. The molecule has 1 aliphatic heterocycles. The summed E-state index contributed by atoms with van der Waals surface area (Å²) < 4.78 is 25.3. The van der Waals surface area contributed by atoms with Crippen molar-refractivity contribution in [2.24, 2.45) is 0 Å². The number of aromatic carboxylic acids is 1. The second kappa shape index (κ2) is 4.69. The maximum atomic E-state index is 12.7. The van der Waals surface area contributed by atoms with Crippen LogP contribution in [0.5, 0.6) is 0 Å². The lowest BCUT2D eigenvalue weighted by atomic mass is 10.1. The average Bonchev–Trinajstić information content (AvgIpc) is 2.81. The molecule has 0 atom stereocenters. The second-order valence-electron chi connectivity index (χ2n) is 4.11. The van der Waals surface area contributed by atoms with Gasteiger partial charge >= 0.3 is 5.97 Å². The van der Waals surface area contributed by atoms with Gasteiger partial charge in [-0.2, -0.15) is 0 Å². The van der Waals surface area contributed by atoms with Gasteiger partial charge in [-0.1, -0.05) is 0 Å². The molecule has 1 fully saturated rings. The van der Waals surface area contributed by atoms with E-state index in [0.717, 1.165) is 32.0 Å². The number of alkyl halides is 2. The van der Waals surface area contributed by atoms with Crippen LogP contribution < -0.4 is 4.90 Å². The van der Waals surface area contributed by atoms with Crippen LogP contribution in [0.2, 0.25) is 0 Å². The molecule has 1 aromatic carbocycles. The number of carboxylic acid groups (broad SMARTS) is 1. The van der Waals surface area contributed by atoms with Crippen LogP contribution in [0.3, 0.4) is 0 Å². The molecular formula is C12H13F2NO2. The highest BCUT2D eigenvalue weighted by Crippen LogP contribution is 2.28. The summed E-state index contributed by atoms with van der Waals surface area (Å²) in [5, 5.41) is 8.89. The van der Waals surface area contributed by atoms with Crippen molar-refractivity contribution in [2.75, 3.05) is 18.0 Å². The molecule has 0 amide bonds. The number of anilines is 1. The Balaban J connectivity index is 2.39. The van der Waals surface area contributed by atoms with Crippen molar-refractivity contribution in [3.8, 4) is 0 Å². The Kier molecular flexibility index (Phi) is 3.26. The molecule has 1 saturated heterocycles. The molecule has 1 heterocycles. The maximum Gasteiger partial charge on any atom is 0.335 e. The summed E-state index contributed by atoms with van der Waals surface area (Å²) in [7, 11) is 0. The zero-order valence-electron chi connectivity index (χ0n) is 9.20. The number of halogens is 2. The Bertz CT molecular complexity index is 429. The fourth-order valence-corrected chi connectivity index (χ4v) is 2.04. The number of benzene rings is 1. The van der Waals surface area contributed by atoms with Gasteiger partial charge in [0.25, 0.3) is 6.43 Å². The van der Waals surface area contributed by atoms with Crippen molar-refractivity contribution >= 4 is 11.7 Å². The molecule has 0 unspecified atom stereocenters. The van der Waals surface area contributed by atoms with E-state index in [-0.39, 0.29) is 11.1 Å². The first-order chi connectivity index (χ1) is 8.08. The maximum absolute atomic E-state index is 12.7. The number of hydrogen-bond donors (Lipinski definition) is 1. The van der Waals surface area contributed by atoms with Crippen LogP contribution in [0.25, 0.3) is 0 Å². The number of rotatable bonds is 3. The molecular weight excluding hydrogens is 228 g/mol. The van der Waals surface area contributed by atoms with Crippen molar-refractivity contribution in [3.63, 3.8) is 0 Å². The lowest BCUT2D eigenvalue weighted by Gasteiger charge is -2.19. The predicted molar refractivity (Wildman–Crippen MR) is 59.8 cm³/mol. The minimum atomic E-state index is -2.64. The Morgan fingerprint density at radius 1 is 1.24 bits per heavy atom. The van der Waals surface area contributed by atoms with Crippen molar-refractivity contribution in [1.29, 1.82) is 0 Å². The molecule has 1 aliphatic rings. The average molecular weight is 241 g/mol. The number of carbonyl (C=O) groups is 1. The molecule has 0 saturated carbocycles. The molecule has 0 radical (unpaired) electrons. The molecule has 0 bridgehead atoms. The van der Waals surface area contributed by atoms with Gasteiger partial charge in [0.05, 0.1) is 5.56 Å². The van der Waals surface area contributed by atoms with Crippen LogP contribution >= 0.6 is 0 Å². The summed E-state index contributed by atoms with van der Waals surface area (Å²) in [4.78, 5) is 12.8. The molecule has 2 rings (SSSR count). The molecule has 1 aromatic rings. The van der Waals surface area contributed by atoms with Gasteiger partial charge in [-0.05, 0) is 31.0 Å². The SMILES string of the molecule is O=C(O)c1cc(C(F)F)cc(N2CCCC2)c1. The number of hydrogen-bond acceptors (Lipinski definition) is 2. The lowest BCUT2D eigenvalue weighted by molar-refractivity contribution is 0.0696. The molecule has 17 heavy (non-hydrogen) atoms. The summed E-state index contributed by atoms with van der Waals surface area (Å²) in [5.74, 6) is -1.17. The molecule has 92 valence electrons. The lowest BCUT2D eigenvalue weighted by Crippen LogP contribution is -2.18. The van der Waals surface area contributed by atoms with Gasteiger partial charge in [0.1, 0.15) is 0 Å². The third-order valence-electron chi connectivity index (χ3n) is 2.91. The van der Waals surface area contributed by atoms with Crippen LogP contribution in [-0.2, 0) is 0 Å². The Hall–Kier alpha value is -1.65. The topological polar surface area (TPSA) is 40.5 Å². The molecule has 0 aliphatic carbocycles. The quantitative estimate of drug-likeness (QED) is 0.884. The summed E-state index contributed by atoms with van der Waals surface area (Å²) in [5.41, 5.74) is 0.272. The van der Waals surface area contributed by atoms with Crippen LogP contribution in [0.4, 0.5) is 14.5 Å². The summed E-state index contributed by atoms with van der Waals surface area (Å²) in [6, 6.07) is 3.87. The Morgan fingerprint density at radius 3 is 2.41 bits per heavy atom. The molecule has 1 N–H and O–H groups in total. The highest BCUT2D eigenvalue weighted by Gasteiger charge is 2.18. The van der Waals surface area contributed by atoms with Crippen molar-refractivity contribution < 1.29 is 18.7 Å². The molecule has 3 nitrogen and oxygen atoms in total. The van der Waals surface area contributed by atoms with Crippen LogP contribution in [0.1, 0.15) is 35.2 Å². The van der Waals surface area contributed by atoms with Gasteiger partial charge in [-0.15, -0.1) is 0 Å². The number of nitrogens with zero attached hydrogens (tertiary/aromatic N) is 1. The third kappa shape index (κ3) is 2.54. The van der Waals surface area contributed by atoms with Crippen molar-refractivity contribution in [3.05, 3.63) is 29.3 Å². The number of carboxylic acids is 1. The van der Waals surface area contributed by atoms with Gasteiger partial charge in [0.15, 0.2) is 0 Å². The van der Waals surface area contributed by atoms with Gasteiger partial charge in [0, 0.05) is 24.3 Å². The normalized spacial score (nSPS) is 15.6. The standard InChI is InChI=1S/C12H13F2NO2/c13-11(14)8-5-9(12(16)17)7-10(6-8)15-3-1-2-4-15/h5-7,11H,1-4H2,(H,16,17). The summed E-state index contributed by atoms with van der Waals surface area (Å²) in [6.45, 7) is 1.59. The van der Waals surface area contributed by atoms with E-state index >= 15 is 0 Å². The van der Waals surface area contributed by atoms with Crippen LogP contribution in [0.15, 0.2) is 18.2 Å². The van der Waals surface area contributed by atoms with Crippen LogP contribution in [0, 0.1) is 0 Å². The predicted octanol–water partition coefficient (Wildman–Crippen LogP) is 2.92. The van der Waals surface area contributed by atoms with Crippen molar-refractivity contribution in [1.82, 2.24) is 0 Å². The third-order valence-corrected chi connectivity index (χ3v) is 2.91. The minimum Gasteiger partial charge on any atom is -0.478 e. The Morgan fingerprint density at radius 2 is 1.88 bits per heavy atom. The fraction of sp³-hybridized carbons (Fsp3) is 0.417. The van der Waals surface area contributed by atoms with E-state index in [4.69, 9.17) is 5.11 Å². The highest BCUT2D eigenvalue weighted by molar-refractivity contribution is 5.89. The van der Waals surface area contributed by atoms with E-state index in [1.165, 1.54) is 12.1 Å². The highest BCUT2D eigenvalue weighted by atomic mass is 19.3. The summed E-state index contributed by atoms with van der Waals surface area (Å²) >= 11 is 0. The second-order valence-corrected chi connectivity index (χ2v) is 4.11. The first kappa shape index (κ1) is 11.8. The van der Waals surface area contributed by atoms with Gasteiger partial charge in [-0.3, -0.25) is 0 Å². The van der Waals surface area contributed by atoms with Crippen molar-refractivity contribution in [2.45, 2.75) is 19.3 Å². The fourth-order valence-electron chi connectivity index (χ4n) is 2.04. The molecule has 0 aromatic heterocycles. The van der Waals surface area contributed by atoms with E-state index in [9.17, 15) is 13.6 Å². The Labute approximate surface area is 97.7 Å². The van der Waals surface area contributed by atoms with E-state index in [1.54, 1.807) is 0 Å².